The fourth-order valence-corrected chi connectivity index (χ4v) is 1.64. The zero-order valence-electron chi connectivity index (χ0n) is 9.32. The van der Waals surface area contributed by atoms with Crippen LogP contribution in [-0.4, -0.2) is 12.5 Å². The Labute approximate surface area is 97.8 Å². The first-order valence-corrected chi connectivity index (χ1v) is 5.42. The van der Waals surface area contributed by atoms with Gasteiger partial charge in [-0.2, -0.15) is 8.78 Å². The van der Waals surface area contributed by atoms with Crippen molar-refractivity contribution >= 4 is 11.6 Å². The van der Waals surface area contributed by atoms with Crippen molar-refractivity contribution in [1.29, 1.82) is 0 Å². The lowest BCUT2D eigenvalue weighted by Gasteiger charge is -2.07. The molecule has 2 atom stereocenters. The maximum Gasteiger partial charge on any atom is 0.387 e. The van der Waals surface area contributed by atoms with Crippen molar-refractivity contribution in [1.82, 2.24) is 0 Å². The third-order valence-electron chi connectivity index (χ3n) is 2.79. The molecular weight excluding hydrogens is 228 g/mol. The molecule has 17 heavy (non-hydrogen) atoms. The maximum atomic E-state index is 11.9. The van der Waals surface area contributed by atoms with Crippen molar-refractivity contribution in [2.24, 2.45) is 11.8 Å². The predicted octanol–water partition coefficient (Wildman–Crippen LogP) is 2.88. The number of halogens is 2. The summed E-state index contributed by atoms with van der Waals surface area (Å²) in [5, 5.41) is 2.73. The van der Waals surface area contributed by atoms with Crippen LogP contribution < -0.4 is 10.1 Å². The maximum absolute atomic E-state index is 11.9. The molecule has 0 aromatic heterocycles. The molecule has 1 N–H and O–H groups in total. The van der Waals surface area contributed by atoms with E-state index in [1.807, 2.05) is 6.92 Å². The molecule has 0 aliphatic heterocycles. The Bertz CT molecular complexity index is 405. The lowest BCUT2D eigenvalue weighted by atomic mass is 10.2. The number of amides is 1. The normalized spacial score (nSPS) is 22.4. The Hall–Kier alpha value is -1.65. The zero-order chi connectivity index (χ0) is 12.4. The van der Waals surface area contributed by atoms with Gasteiger partial charge in [0.2, 0.25) is 5.91 Å². The minimum atomic E-state index is -2.83. The minimum Gasteiger partial charge on any atom is -0.435 e. The molecule has 3 nitrogen and oxygen atoms in total. The Morgan fingerprint density at radius 3 is 2.47 bits per heavy atom. The zero-order valence-corrected chi connectivity index (χ0v) is 9.32. The summed E-state index contributed by atoms with van der Waals surface area (Å²) < 4.78 is 28.0. The molecule has 0 bridgehead atoms. The van der Waals surface area contributed by atoms with Crippen molar-refractivity contribution < 1.29 is 18.3 Å². The number of ether oxygens (including phenoxy) is 1. The van der Waals surface area contributed by atoms with Crippen LogP contribution in [0.4, 0.5) is 14.5 Å². The van der Waals surface area contributed by atoms with Crippen molar-refractivity contribution in [3.05, 3.63) is 24.3 Å². The summed E-state index contributed by atoms with van der Waals surface area (Å²) in [4.78, 5) is 11.6. The highest BCUT2D eigenvalue weighted by Gasteiger charge is 2.38. The first-order chi connectivity index (χ1) is 8.06. The number of rotatable bonds is 4. The molecule has 0 saturated heterocycles. The molecule has 1 aromatic carbocycles. The highest BCUT2D eigenvalue weighted by molar-refractivity contribution is 5.94. The van der Waals surface area contributed by atoms with E-state index in [1.54, 1.807) is 12.1 Å². The fraction of sp³-hybridized carbons (Fsp3) is 0.417. The summed E-state index contributed by atoms with van der Waals surface area (Å²) in [6, 6.07) is 5.89. The van der Waals surface area contributed by atoms with Gasteiger partial charge >= 0.3 is 6.61 Å². The van der Waals surface area contributed by atoms with E-state index >= 15 is 0 Å². The summed E-state index contributed by atoms with van der Waals surface area (Å²) in [6.45, 7) is -0.813. The SMILES string of the molecule is CC1CC1C(=O)Nc1ccc(OC(F)F)cc1. The third-order valence-corrected chi connectivity index (χ3v) is 2.79. The summed E-state index contributed by atoms with van der Waals surface area (Å²) in [6.07, 6.45) is 0.915. The predicted molar refractivity (Wildman–Crippen MR) is 59.0 cm³/mol. The molecule has 1 aliphatic carbocycles. The first kappa shape index (κ1) is 11.8. The Morgan fingerprint density at radius 1 is 1.41 bits per heavy atom. The number of carbonyl (C=O) groups is 1. The molecule has 1 aromatic rings. The number of benzene rings is 1. The topological polar surface area (TPSA) is 38.3 Å². The molecular formula is C12H13F2NO2. The molecule has 2 unspecified atom stereocenters. The van der Waals surface area contributed by atoms with Gasteiger partial charge in [-0.25, -0.2) is 0 Å². The lowest BCUT2D eigenvalue weighted by Crippen LogP contribution is -2.14. The number of hydrogen-bond acceptors (Lipinski definition) is 2. The van der Waals surface area contributed by atoms with Crippen molar-refractivity contribution in [3.63, 3.8) is 0 Å². The van der Waals surface area contributed by atoms with Crippen LogP contribution in [-0.2, 0) is 4.79 Å². The van der Waals surface area contributed by atoms with Crippen LogP contribution >= 0.6 is 0 Å². The average molecular weight is 241 g/mol. The smallest absolute Gasteiger partial charge is 0.387 e. The highest BCUT2D eigenvalue weighted by Crippen LogP contribution is 2.38. The van der Waals surface area contributed by atoms with E-state index in [4.69, 9.17) is 0 Å². The first-order valence-electron chi connectivity index (χ1n) is 5.42. The second-order valence-electron chi connectivity index (χ2n) is 4.21. The van der Waals surface area contributed by atoms with Gasteiger partial charge in [-0.1, -0.05) is 6.92 Å². The summed E-state index contributed by atoms with van der Waals surface area (Å²) in [5.74, 6) is 0.598. The van der Waals surface area contributed by atoms with E-state index < -0.39 is 6.61 Å². The molecule has 92 valence electrons. The van der Waals surface area contributed by atoms with E-state index in [0.717, 1.165) is 6.42 Å². The molecule has 0 heterocycles. The van der Waals surface area contributed by atoms with Gasteiger partial charge in [0.15, 0.2) is 0 Å². The Balaban J connectivity index is 1.91. The summed E-state index contributed by atoms with van der Waals surface area (Å²) in [7, 11) is 0. The van der Waals surface area contributed by atoms with E-state index in [2.05, 4.69) is 10.1 Å². The number of hydrogen-bond donors (Lipinski definition) is 1. The van der Waals surface area contributed by atoms with Gasteiger partial charge < -0.3 is 10.1 Å². The van der Waals surface area contributed by atoms with Crippen LogP contribution in [0.5, 0.6) is 5.75 Å². The molecule has 1 amide bonds. The van der Waals surface area contributed by atoms with Crippen LogP contribution in [0.1, 0.15) is 13.3 Å². The number of alkyl halides is 2. The van der Waals surface area contributed by atoms with Gasteiger partial charge in [0.1, 0.15) is 5.75 Å². The van der Waals surface area contributed by atoms with Crippen LogP contribution in [0.2, 0.25) is 0 Å². The fourth-order valence-electron chi connectivity index (χ4n) is 1.64. The summed E-state index contributed by atoms with van der Waals surface area (Å²) >= 11 is 0. The largest absolute Gasteiger partial charge is 0.435 e. The van der Waals surface area contributed by atoms with Crippen LogP contribution in [0.25, 0.3) is 0 Å². The molecule has 2 rings (SSSR count). The lowest BCUT2D eigenvalue weighted by molar-refractivity contribution is -0.117. The van der Waals surface area contributed by atoms with E-state index in [1.165, 1.54) is 12.1 Å². The van der Waals surface area contributed by atoms with Crippen molar-refractivity contribution in [2.45, 2.75) is 20.0 Å². The quantitative estimate of drug-likeness (QED) is 0.880. The third kappa shape index (κ3) is 3.15. The van der Waals surface area contributed by atoms with Gasteiger partial charge in [-0.05, 0) is 36.6 Å². The minimum absolute atomic E-state index is 0.0139. The number of carbonyl (C=O) groups excluding carboxylic acids is 1. The van der Waals surface area contributed by atoms with Crippen molar-refractivity contribution in [3.8, 4) is 5.75 Å². The standard InChI is InChI=1S/C12H13F2NO2/c1-7-6-10(7)11(16)15-8-2-4-9(5-3-8)17-12(13)14/h2-5,7,10,12H,6H2,1H3,(H,15,16). The second kappa shape index (κ2) is 4.69. The second-order valence-corrected chi connectivity index (χ2v) is 4.21. The van der Waals surface area contributed by atoms with E-state index in [-0.39, 0.29) is 17.6 Å². The van der Waals surface area contributed by atoms with E-state index in [9.17, 15) is 13.6 Å². The Morgan fingerprint density at radius 2 is 2.00 bits per heavy atom. The van der Waals surface area contributed by atoms with Crippen LogP contribution in [0, 0.1) is 11.8 Å². The van der Waals surface area contributed by atoms with Gasteiger partial charge in [0, 0.05) is 11.6 Å². The number of anilines is 1. The molecule has 1 saturated carbocycles. The van der Waals surface area contributed by atoms with Crippen LogP contribution in [0.15, 0.2) is 24.3 Å². The molecule has 5 heteroatoms. The van der Waals surface area contributed by atoms with Gasteiger partial charge in [0.05, 0.1) is 0 Å². The van der Waals surface area contributed by atoms with Crippen LogP contribution in [0.3, 0.4) is 0 Å². The monoisotopic (exact) mass is 241 g/mol. The summed E-state index contributed by atoms with van der Waals surface area (Å²) in [5.41, 5.74) is 0.593. The van der Waals surface area contributed by atoms with Gasteiger partial charge in [-0.3, -0.25) is 4.79 Å². The Kier molecular flexibility index (Phi) is 3.26. The van der Waals surface area contributed by atoms with E-state index in [0.29, 0.717) is 11.6 Å². The molecule has 0 spiro atoms. The average Bonchev–Trinajstić information content (AvgIpc) is 2.98. The highest BCUT2D eigenvalue weighted by atomic mass is 19.3. The van der Waals surface area contributed by atoms with Crippen molar-refractivity contribution in [2.75, 3.05) is 5.32 Å². The molecule has 0 radical (unpaired) electrons. The molecule has 1 fully saturated rings. The van der Waals surface area contributed by atoms with Gasteiger partial charge in [0.25, 0.3) is 0 Å². The molecule has 1 aliphatic rings. The number of nitrogens with one attached hydrogen (secondary N) is 1. The van der Waals surface area contributed by atoms with Gasteiger partial charge in [-0.15, -0.1) is 0 Å².